The van der Waals surface area contributed by atoms with Gasteiger partial charge < -0.3 is 19.9 Å². The van der Waals surface area contributed by atoms with Gasteiger partial charge in [0.2, 0.25) is 0 Å². The highest BCUT2D eigenvalue weighted by Crippen LogP contribution is 2.26. The summed E-state index contributed by atoms with van der Waals surface area (Å²) >= 11 is 11.9. The third kappa shape index (κ3) is 6.32. The summed E-state index contributed by atoms with van der Waals surface area (Å²) in [6.07, 6.45) is -1.48. The van der Waals surface area contributed by atoms with Gasteiger partial charge in [-0.2, -0.15) is 0 Å². The van der Waals surface area contributed by atoms with E-state index in [4.69, 9.17) is 32.7 Å². The molecule has 30 heavy (non-hydrogen) atoms. The molecule has 0 aliphatic rings. The molecule has 0 aromatic heterocycles. The highest BCUT2D eigenvalue weighted by Gasteiger charge is 2.22. The lowest BCUT2D eigenvalue weighted by atomic mass is 10.0. The maximum atomic E-state index is 14.5. The highest BCUT2D eigenvalue weighted by atomic mass is 35.5. The molecule has 9 heteroatoms. The van der Waals surface area contributed by atoms with Crippen LogP contribution >= 0.6 is 23.2 Å². The van der Waals surface area contributed by atoms with Gasteiger partial charge in [-0.25, -0.2) is 9.18 Å². The molecule has 0 aliphatic carbocycles. The number of rotatable bonds is 9. The van der Waals surface area contributed by atoms with E-state index >= 15 is 0 Å². The number of carbonyl (C=O) groups excluding carboxylic acids is 1. The van der Waals surface area contributed by atoms with Gasteiger partial charge in [-0.15, -0.1) is 0 Å². The fraction of sp³-hybridized carbons (Fsp3) is 0.333. The normalized spacial score (nSPS) is 12.0. The molecule has 0 bridgehead atoms. The lowest BCUT2D eigenvalue weighted by molar-refractivity contribution is -0.153. The molecule has 0 radical (unpaired) electrons. The largest absolute Gasteiger partial charge is 0.493 e. The Kier molecular flexibility index (Phi) is 8.46. The zero-order valence-corrected chi connectivity index (χ0v) is 18.2. The second-order valence-electron chi connectivity index (χ2n) is 6.79. The minimum absolute atomic E-state index is 0.0433. The number of ether oxygens (including phenoxy) is 2. The number of methoxy groups -OCH3 is 1. The van der Waals surface area contributed by atoms with E-state index in [0.717, 1.165) is 0 Å². The molecule has 2 aromatic carbocycles. The van der Waals surface area contributed by atoms with E-state index in [1.807, 2.05) is 0 Å². The number of carbonyl (C=O) groups is 2. The van der Waals surface area contributed by atoms with Gasteiger partial charge in [0.05, 0.1) is 23.8 Å². The lowest BCUT2D eigenvalue weighted by Gasteiger charge is -2.18. The topological polar surface area (TPSA) is 84.9 Å². The van der Waals surface area contributed by atoms with Crippen molar-refractivity contribution in [2.45, 2.75) is 39.0 Å². The van der Waals surface area contributed by atoms with Crippen molar-refractivity contribution in [2.24, 2.45) is 0 Å². The van der Waals surface area contributed by atoms with Crippen molar-refractivity contribution in [3.63, 3.8) is 0 Å². The van der Waals surface area contributed by atoms with Gasteiger partial charge in [-0.3, -0.25) is 4.79 Å². The first-order valence-corrected chi connectivity index (χ1v) is 9.84. The van der Waals surface area contributed by atoms with Crippen LogP contribution in [0.2, 0.25) is 10.0 Å². The summed E-state index contributed by atoms with van der Waals surface area (Å²) < 4.78 is 25.0. The standard InChI is InChI=1S/C21H22Cl2FNO5/c1-11(2)30-18(21(27)28)8-12-6-13(19(29-3)17(24)7-12)10-25-20(26)15-5-4-14(22)9-16(15)23/h4-7,9,11,18H,8,10H2,1-3H3,(H,25,26)(H,27,28). The Morgan fingerprint density at radius 1 is 1.20 bits per heavy atom. The monoisotopic (exact) mass is 457 g/mol. The van der Waals surface area contributed by atoms with E-state index in [-0.39, 0.29) is 35.4 Å². The van der Waals surface area contributed by atoms with Gasteiger partial charge in [0.25, 0.3) is 5.91 Å². The number of benzene rings is 2. The number of halogens is 3. The van der Waals surface area contributed by atoms with Crippen LogP contribution in [-0.4, -0.2) is 36.3 Å². The van der Waals surface area contributed by atoms with Crippen molar-refractivity contribution >= 4 is 35.1 Å². The van der Waals surface area contributed by atoms with Crippen LogP contribution in [0.3, 0.4) is 0 Å². The zero-order valence-electron chi connectivity index (χ0n) is 16.7. The van der Waals surface area contributed by atoms with Crippen molar-refractivity contribution in [3.8, 4) is 5.75 Å². The van der Waals surface area contributed by atoms with Gasteiger partial charge in [0, 0.05) is 23.6 Å². The van der Waals surface area contributed by atoms with Crippen LogP contribution < -0.4 is 10.1 Å². The molecular weight excluding hydrogens is 436 g/mol. The fourth-order valence-electron chi connectivity index (χ4n) is 2.87. The van der Waals surface area contributed by atoms with Crippen LogP contribution in [0.4, 0.5) is 4.39 Å². The average molecular weight is 458 g/mol. The predicted octanol–water partition coefficient (Wildman–Crippen LogP) is 4.49. The molecule has 0 fully saturated rings. The molecule has 0 aliphatic heterocycles. The summed E-state index contributed by atoms with van der Waals surface area (Å²) in [5.41, 5.74) is 0.961. The van der Waals surface area contributed by atoms with Crippen LogP contribution in [0.25, 0.3) is 0 Å². The molecule has 6 nitrogen and oxygen atoms in total. The number of hydrogen-bond acceptors (Lipinski definition) is 4. The molecule has 1 atom stereocenters. The van der Waals surface area contributed by atoms with E-state index < -0.39 is 23.8 Å². The van der Waals surface area contributed by atoms with Crippen molar-refractivity contribution in [1.82, 2.24) is 5.32 Å². The first-order chi connectivity index (χ1) is 14.1. The van der Waals surface area contributed by atoms with Crippen LogP contribution in [0.15, 0.2) is 30.3 Å². The summed E-state index contributed by atoms with van der Waals surface area (Å²) in [6.45, 7) is 3.37. The molecule has 0 heterocycles. The number of carboxylic acids is 1. The Bertz CT molecular complexity index is 936. The Labute approximate surface area is 183 Å². The molecule has 2 rings (SSSR count). The zero-order chi connectivity index (χ0) is 22.4. The third-order valence-electron chi connectivity index (χ3n) is 4.13. The molecule has 0 saturated heterocycles. The molecule has 2 N–H and O–H groups in total. The Morgan fingerprint density at radius 2 is 1.90 bits per heavy atom. The second-order valence-corrected chi connectivity index (χ2v) is 7.64. The summed E-state index contributed by atoms with van der Waals surface area (Å²) in [6, 6.07) is 7.23. The van der Waals surface area contributed by atoms with E-state index in [0.29, 0.717) is 16.1 Å². The minimum Gasteiger partial charge on any atom is -0.493 e. The molecule has 1 unspecified atom stereocenters. The van der Waals surface area contributed by atoms with Crippen molar-refractivity contribution < 1.29 is 28.6 Å². The number of aliphatic carboxylic acids is 1. The summed E-state index contributed by atoms with van der Waals surface area (Å²) in [5, 5.41) is 12.6. The van der Waals surface area contributed by atoms with Crippen LogP contribution in [-0.2, 0) is 22.5 Å². The van der Waals surface area contributed by atoms with E-state index in [1.165, 1.54) is 31.4 Å². The van der Waals surface area contributed by atoms with Gasteiger partial charge in [-0.1, -0.05) is 23.2 Å². The molecule has 2 aromatic rings. The van der Waals surface area contributed by atoms with E-state index in [2.05, 4.69) is 5.32 Å². The average Bonchev–Trinajstić information content (AvgIpc) is 2.65. The van der Waals surface area contributed by atoms with Gasteiger partial charge >= 0.3 is 5.97 Å². The molecular formula is C21H22Cl2FNO5. The Balaban J connectivity index is 2.23. The molecule has 0 saturated carbocycles. The summed E-state index contributed by atoms with van der Waals surface area (Å²) in [7, 11) is 1.31. The quantitative estimate of drug-likeness (QED) is 0.579. The lowest BCUT2D eigenvalue weighted by Crippen LogP contribution is -2.29. The van der Waals surface area contributed by atoms with Crippen LogP contribution in [0, 0.1) is 5.82 Å². The maximum absolute atomic E-state index is 14.5. The van der Waals surface area contributed by atoms with Crippen molar-refractivity contribution in [3.05, 3.63) is 62.9 Å². The molecule has 162 valence electrons. The summed E-state index contributed by atoms with van der Waals surface area (Å²) in [5.74, 6) is -2.33. The number of hydrogen-bond donors (Lipinski definition) is 2. The number of amides is 1. The van der Waals surface area contributed by atoms with Gasteiger partial charge in [-0.05, 0) is 49.7 Å². The third-order valence-corrected chi connectivity index (χ3v) is 4.68. The second kappa shape index (κ2) is 10.6. The molecule has 0 spiro atoms. The Morgan fingerprint density at radius 3 is 2.47 bits per heavy atom. The number of carboxylic acid groups (broad SMARTS) is 1. The maximum Gasteiger partial charge on any atom is 0.333 e. The molecule has 1 amide bonds. The van der Waals surface area contributed by atoms with Gasteiger partial charge in [0.15, 0.2) is 17.7 Å². The van der Waals surface area contributed by atoms with Gasteiger partial charge in [0.1, 0.15) is 0 Å². The fourth-order valence-corrected chi connectivity index (χ4v) is 3.37. The number of nitrogens with one attached hydrogen (secondary N) is 1. The first kappa shape index (κ1) is 23.9. The minimum atomic E-state index is -1.15. The van der Waals surface area contributed by atoms with Crippen LogP contribution in [0.5, 0.6) is 5.75 Å². The van der Waals surface area contributed by atoms with E-state index in [1.54, 1.807) is 19.9 Å². The van der Waals surface area contributed by atoms with E-state index in [9.17, 15) is 19.1 Å². The Hall–Kier alpha value is -2.35. The van der Waals surface area contributed by atoms with Crippen LogP contribution in [0.1, 0.15) is 35.3 Å². The SMILES string of the molecule is COc1c(F)cc(CC(OC(C)C)C(=O)O)cc1CNC(=O)c1ccc(Cl)cc1Cl. The highest BCUT2D eigenvalue weighted by molar-refractivity contribution is 6.36. The van der Waals surface area contributed by atoms with Crippen molar-refractivity contribution in [2.75, 3.05) is 7.11 Å². The smallest absolute Gasteiger partial charge is 0.333 e. The predicted molar refractivity (Wildman–Crippen MR) is 112 cm³/mol. The first-order valence-electron chi connectivity index (χ1n) is 9.09. The summed E-state index contributed by atoms with van der Waals surface area (Å²) in [4.78, 5) is 23.9. The van der Waals surface area contributed by atoms with Crippen molar-refractivity contribution in [1.29, 1.82) is 0 Å².